The molecular formula is C17H34N2O. The van der Waals surface area contributed by atoms with Gasteiger partial charge in [-0.3, -0.25) is 4.79 Å². The van der Waals surface area contributed by atoms with Gasteiger partial charge in [-0.2, -0.15) is 0 Å². The normalized spacial score (nSPS) is 24.6. The average molecular weight is 282 g/mol. The fraction of sp³-hybridized carbons (Fsp3) is 0.941. The predicted octanol–water partition coefficient (Wildman–Crippen LogP) is 3.47. The molecule has 1 amide bonds. The molecule has 3 nitrogen and oxygen atoms in total. The third kappa shape index (κ3) is 5.82. The molecule has 0 spiro atoms. The third-order valence-corrected chi connectivity index (χ3v) is 4.95. The number of carbonyl (C=O) groups excluding carboxylic acids is 1. The van der Waals surface area contributed by atoms with Gasteiger partial charge in [0.05, 0.1) is 0 Å². The summed E-state index contributed by atoms with van der Waals surface area (Å²) in [6.07, 6.45) is 8.84. The molecule has 3 unspecified atom stereocenters. The zero-order valence-corrected chi connectivity index (χ0v) is 13.7. The van der Waals surface area contributed by atoms with E-state index in [1.165, 1.54) is 19.3 Å². The van der Waals surface area contributed by atoms with Crippen LogP contribution in [0.25, 0.3) is 0 Å². The molecule has 3 heteroatoms. The quantitative estimate of drug-likeness (QED) is 0.716. The molecule has 0 aromatic heterocycles. The number of hydrogen-bond acceptors (Lipinski definition) is 2. The Balaban J connectivity index is 2.36. The minimum atomic E-state index is 0.248. The van der Waals surface area contributed by atoms with E-state index in [2.05, 4.69) is 26.1 Å². The van der Waals surface area contributed by atoms with Gasteiger partial charge in [0.2, 0.25) is 5.91 Å². The van der Waals surface area contributed by atoms with Crippen molar-refractivity contribution in [2.75, 3.05) is 6.54 Å². The second-order valence-corrected chi connectivity index (χ2v) is 6.76. The van der Waals surface area contributed by atoms with Crippen molar-refractivity contribution in [3.05, 3.63) is 0 Å². The molecule has 0 saturated heterocycles. The Morgan fingerprint density at radius 3 is 2.55 bits per heavy atom. The summed E-state index contributed by atoms with van der Waals surface area (Å²) in [6.45, 7) is 7.49. The summed E-state index contributed by atoms with van der Waals surface area (Å²) in [5, 5.41) is 3.30. The molecule has 0 bridgehead atoms. The molecule has 1 aliphatic rings. The SMILES string of the molecule is CCC(CCN)CCC(=O)NC1CCCCC1C(C)C. The summed E-state index contributed by atoms with van der Waals surface area (Å²) in [5.41, 5.74) is 5.61. The molecule has 0 heterocycles. The van der Waals surface area contributed by atoms with Gasteiger partial charge in [0.1, 0.15) is 0 Å². The summed E-state index contributed by atoms with van der Waals surface area (Å²) in [7, 11) is 0. The maximum Gasteiger partial charge on any atom is 0.220 e. The average Bonchev–Trinajstić information content (AvgIpc) is 2.43. The molecule has 0 radical (unpaired) electrons. The van der Waals surface area contributed by atoms with Crippen molar-refractivity contribution >= 4 is 5.91 Å². The van der Waals surface area contributed by atoms with E-state index in [0.29, 0.717) is 30.2 Å². The fourth-order valence-electron chi connectivity index (χ4n) is 3.54. The van der Waals surface area contributed by atoms with E-state index in [1.54, 1.807) is 0 Å². The Kier molecular flexibility index (Phi) is 8.20. The van der Waals surface area contributed by atoms with Gasteiger partial charge < -0.3 is 11.1 Å². The van der Waals surface area contributed by atoms with Crippen molar-refractivity contribution < 1.29 is 4.79 Å². The van der Waals surface area contributed by atoms with Gasteiger partial charge in [-0.1, -0.05) is 40.0 Å². The zero-order valence-electron chi connectivity index (χ0n) is 13.7. The first-order valence-electron chi connectivity index (χ1n) is 8.57. The van der Waals surface area contributed by atoms with E-state index in [4.69, 9.17) is 5.73 Å². The first kappa shape index (κ1) is 17.5. The lowest BCUT2D eigenvalue weighted by Crippen LogP contribution is -2.44. The third-order valence-electron chi connectivity index (χ3n) is 4.95. The van der Waals surface area contributed by atoms with Crippen molar-refractivity contribution in [3.8, 4) is 0 Å². The van der Waals surface area contributed by atoms with Gasteiger partial charge in [0, 0.05) is 12.5 Å². The Labute approximate surface area is 125 Å². The number of amides is 1. The smallest absolute Gasteiger partial charge is 0.220 e. The maximum absolute atomic E-state index is 12.2. The molecule has 20 heavy (non-hydrogen) atoms. The van der Waals surface area contributed by atoms with Gasteiger partial charge in [-0.25, -0.2) is 0 Å². The molecule has 1 rings (SSSR count). The minimum absolute atomic E-state index is 0.248. The van der Waals surface area contributed by atoms with E-state index in [1.807, 2.05) is 0 Å². The summed E-state index contributed by atoms with van der Waals surface area (Å²) < 4.78 is 0. The van der Waals surface area contributed by atoms with Crippen molar-refractivity contribution in [2.45, 2.75) is 78.2 Å². The summed E-state index contributed by atoms with van der Waals surface area (Å²) in [4.78, 5) is 12.2. The molecule has 1 fully saturated rings. The number of rotatable bonds is 8. The topological polar surface area (TPSA) is 55.1 Å². The van der Waals surface area contributed by atoms with Crippen LogP contribution in [0.2, 0.25) is 0 Å². The summed E-state index contributed by atoms with van der Waals surface area (Å²) in [5.74, 6) is 2.19. The molecule has 0 aromatic carbocycles. The summed E-state index contributed by atoms with van der Waals surface area (Å²) >= 11 is 0. The summed E-state index contributed by atoms with van der Waals surface area (Å²) in [6, 6.07) is 0.408. The van der Waals surface area contributed by atoms with E-state index in [9.17, 15) is 4.79 Å². The molecule has 3 atom stereocenters. The van der Waals surface area contributed by atoms with Crippen LogP contribution in [0.15, 0.2) is 0 Å². The van der Waals surface area contributed by atoms with E-state index in [-0.39, 0.29) is 5.91 Å². The van der Waals surface area contributed by atoms with Crippen LogP contribution in [0.5, 0.6) is 0 Å². The first-order chi connectivity index (χ1) is 9.58. The second kappa shape index (κ2) is 9.38. The Morgan fingerprint density at radius 2 is 1.95 bits per heavy atom. The van der Waals surface area contributed by atoms with Crippen LogP contribution in [-0.2, 0) is 4.79 Å². The van der Waals surface area contributed by atoms with E-state index < -0.39 is 0 Å². The molecule has 1 saturated carbocycles. The number of hydrogen-bond donors (Lipinski definition) is 2. The standard InChI is InChI=1S/C17H34N2O/c1-4-14(11-12-18)9-10-17(20)19-16-8-6-5-7-15(16)13(2)3/h13-16H,4-12,18H2,1-3H3,(H,19,20). The van der Waals surface area contributed by atoms with Crippen LogP contribution in [-0.4, -0.2) is 18.5 Å². The minimum Gasteiger partial charge on any atom is -0.353 e. The largest absolute Gasteiger partial charge is 0.353 e. The molecule has 0 aromatic rings. The molecule has 1 aliphatic carbocycles. The van der Waals surface area contributed by atoms with Gasteiger partial charge in [0.25, 0.3) is 0 Å². The van der Waals surface area contributed by atoms with Crippen molar-refractivity contribution in [3.63, 3.8) is 0 Å². The molecule has 118 valence electrons. The highest BCUT2D eigenvalue weighted by Crippen LogP contribution is 2.30. The highest BCUT2D eigenvalue weighted by molar-refractivity contribution is 5.76. The first-order valence-corrected chi connectivity index (χ1v) is 8.57. The Bertz CT molecular complexity index is 278. The van der Waals surface area contributed by atoms with Crippen LogP contribution in [0, 0.1) is 17.8 Å². The lowest BCUT2D eigenvalue weighted by molar-refractivity contribution is -0.122. The highest BCUT2D eigenvalue weighted by Gasteiger charge is 2.28. The number of carbonyl (C=O) groups is 1. The lowest BCUT2D eigenvalue weighted by atomic mass is 9.78. The fourth-order valence-corrected chi connectivity index (χ4v) is 3.54. The van der Waals surface area contributed by atoms with Crippen LogP contribution in [0.3, 0.4) is 0 Å². The van der Waals surface area contributed by atoms with Crippen LogP contribution in [0.4, 0.5) is 0 Å². The monoisotopic (exact) mass is 282 g/mol. The number of nitrogens with two attached hydrogens (primary N) is 1. The maximum atomic E-state index is 12.2. The van der Waals surface area contributed by atoms with Crippen molar-refractivity contribution in [1.82, 2.24) is 5.32 Å². The zero-order chi connectivity index (χ0) is 15.0. The predicted molar refractivity (Wildman–Crippen MR) is 85.4 cm³/mol. The van der Waals surface area contributed by atoms with Gasteiger partial charge in [0.15, 0.2) is 0 Å². The van der Waals surface area contributed by atoms with Crippen molar-refractivity contribution in [2.24, 2.45) is 23.5 Å². The highest BCUT2D eigenvalue weighted by atomic mass is 16.1. The number of nitrogens with one attached hydrogen (secondary N) is 1. The van der Waals surface area contributed by atoms with Crippen molar-refractivity contribution in [1.29, 1.82) is 0 Å². The van der Waals surface area contributed by atoms with Crippen LogP contribution in [0.1, 0.15) is 72.1 Å². The lowest BCUT2D eigenvalue weighted by Gasteiger charge is -2.35. The molecular weight excluding hydrogens is 248 g/mol. The Hall–Kier alpha value is -0.570. The second-order valence-electron chi connectivity index (χ2n) is 6.76. The van der Waals surface area contributed by atoms with Crippen LogP contribution < -0.4 is 11.1 Å². The Morgan fingerprint density at radius 1 is 1.25 bits per heavy atom. The van der Waals surface area contributed by atoms with E-state index in [0.717, 1.165) is 32.2 Å². The van der Waals surface area contributed by atoms with Crippen LogP contribution >= 0.6 is 0 Å². The van der Waals surface area contributed by atoms with Gasteiger partial charge >= 0.3 is 0 Å². The molecule has 0 aliphatic heterocycles. The van der Waals surface area contributed by atoms with E-state index >= 15 is 0 Å². The van der Waals surface area contributed by atoms with Gasteiger partial charge in [-0.15, -0.1) is 0 Å². The molecule has 3 N–H and O–H groups in total. The van der Waals surface area contributed by atoms with Gasteiger partial charge in [-0.05, 0) is 50.0 Å².